The fraction of sp³-hybridized carbons (Fsp3) is 0.118. The fourth-order valence-corrected chi connectivity index (χ4v) is 2.33. The van der Waals surface area contributed by atoms with E-state index in [0.717, 1.165) is 10.9 Å². The summed E-state index contributed by atoms with van der Waals surface area (Å²) in [6, 6.07) is 14.5. The van der Waals surface area contributed by atoms with E-state index in [4.69, 9.17) is 18.6 Å². The third kappa shape index (κ3) is 2.26. The highest BCUT2D eigenvalue weighted by Crippen LogP contribution is 2.32. The third-order valence-corrected chi connectivity index (χ3v) is 3.43. The Morgan fingerprint density at radius 3 is 2.82 bits per heavy atom. The lowest BCUT2D eigenvalue weighted by Crippen LogP contribution is -2.03. The number of carbonyl (C=O) groups is 1. The maximum atomic E-state index is 12.0. The van der Waals surface area contributed by atoms with E-state index < -0.39 is 5.97 Å². The van der Waals surface area contributed by atoms with E-state index in [-0.39, 0.29) is 19.2 Å². The summed E-state index contributed by atoms with van der Waals surface area (Å²) in [4.78, 5) is 12.0. The van der Waals surface area contributed by atoms with E-state index in [1.807, 2.05) is 30.3 Å². The molecule has 110 valence electrons. The first-order valence-corrected chi connectivity index (χ1v) is 6.84. The summed E-state index contributed by atoms with van der Waals surface area (Å²) in [6.45, 7) is 0.365. The molecule has 0 unspecified atom stereocenters. The van der Waals surface area contributed by atoms with Crippen molar-refractivity contribution in [1.29, 1.82) is 0 Å². The lowest BCUT2D eigenvalue weighted by Gasteiger charge is -2.04. The predicted octanol–water partition coefficient (Wildman–Crippen LogP) is 3.52. The molecule has 0 aliphatic carbocycles. The van der Waals surface area contributed by atoms with Gasteiger partial charge in [-0.25, -0.2) is 4.79 Å². The Kier molecular flexibility index (Phi) is 2.96. The molecule has 5 nitrogen and oxygen atoms in total. The molecule has 0 radical (unpaired) electrons. The number of fused-ring (bicyclic) bond motifs is 2. The summed E-state index contributed by atoms with van der Waals surface area (Å²) in [5.74, 6) is 1.07. The molecule has 0 saturated heterocycles. The second-order valence-electron chi connectivity index (χ2n) is 4.91. The van der Waals surface area contributed by atoms with Crippen LogP contribution in [0.4, 0.5) is 0 Å². The number of hydrogen-bond acceptors (Lipinski definition) is 5. The molecule has 4 rings (SSSR count). The molecule has 5 heteroatoms. The van der Waals surface area contributed by atoms with E-state index in [9.17, 15) is 4.79 Å². The zero-order valence-corrected chi connectivity index (χ0v) is 11.6. The second-order valence-corrected chi connectivity index (χ2v) is 4.91. The molecular formula is C17H12O5. The number of esters is 1. The van der Waals surface area contributed by atoms with Crippen molar-refractivity contribution in [2.75, 3.05) is 6.79 Å². The summed E-state index contributed by atoms with van der Waals surface area (Å²) in [5.41, 5.74) is 1.49. The predicted molar refractivity (Wildman–Crippen MR) is 77.9 cm³/mol. The van der Waals surface area contributed by atoms with E-state index in [0.29, 0.717) is 17.1 Å². The number of hydrogen-bond donors (Lipinski definition) is 0. The Morgan fingerprint density at radius 1 is 1.05 bits per heavy atom. The molecule has 0 spiro atoms. The topological polar surface area (TPSA) is 57.9 Å². The van der Waals surface area contributed by atoms with Gasteiger partial charge < -0.3 is 18.6 Å². The standard InChI is InChI=1S/C17H12O5/c18-17(16-8-12-3-1-2-4-13(12)22-16)19-9-11-5-6-14-15(7-11)21-10-20-14/h1-8H,9-10H2. The van der Waals surface area contributed by atoms with Crippen molar-refractivity contribution in [3.8, 4) is 11.5 Å². The number of benzene rings is 2. The van der Waals surface area contributed by atoms with E-state index >= 15 is 0 Å². The van der Waals surface area contributed by atoms with Crippen LogP contribution in [0.2, 0.25) is 0 Å². The second kappa shape index (κ2) is 5.11. The van der Waals surface area contributed by atoms with Crippen LogP contribution < -0.4 is 9.47 Å². The fourth-order valence-electron chi connectivity index (χ4n) is 2.33. The largest absolute Gasteiger partial charge is 0.455 e. The van der Waals surface area contributed by atoms with Crippen LogP contribution in [-0.2, 0) is 11.3 Å². The van der Waals surface area contributed by atoms with Gasteiger partial charge in [-0.05, 0) is 29.8 Å². The molecule has 1 aromatic heterocycles. The average molecular weight is 296 g/mol. The van der Waals surface area contributed by atoms with Gasteiger partial charge in [0.25, 0.3) is 0 Å². The third-order valence-electron chi connectivity index (χ3n) is 3.43. The van der Waals surface area contributed by atoms with Crippen LogP contribution in [0.25, 0.3) is 11.0 Å². The molecule has 0 saturated carbocycles. The van der Waals surface area contributed by atoms with E-state index in [1.54, 1.807) is 18.2 Å². The number of para-hydroxylation sites is 1. The summed E-state index contributed by atoms with van der Waals surface area (Å²) >= 11 is 0. The van der Waals surface area contributed by atoms with Gasteiger partial charge in [0, 0.05) is 5.39 Å². The van der Waals surface area contributed by atoms with Gasteiger partial charge in [0.15, 0.2) is 11.5 Å². The monoisotopic (exact) mass is 296 g/mol. The highest BCUT2D eigenvalue weighted by Gasteiger charge is 2.16. The average Bonchev–Trinajstić information content (AvgIpc) is 3.18. The zero-order valence-electron chi connectivity index (χ0n) is 11.6. The SMILES string of the molecule is O=C(OCc1ccc2c(c1)OCO2)c1cc2ccccc2o1. The molecular weight excluding hydrogens is 284 g/mol. The van der Waals surface area contributed by atoms with Gasteiger partial charge >= 0.3 is 5.97 Å². The van der Waals surface area contributed by atoms with E-state index in [2.05, 4.69) is 0 Å². The van der Waals surface area contributed by atoms with Crippen LogP contribution in [0.1, 0.15) is 16.1 Å². The van der Waals surface area contributed by atoms with Crippen LogP contribution in [0, 0.1) is 0 Å². The Morgan fingerprint density at radius 2 is 1.91 bits per heavy atom. The Balaban J connectivity index is 1.48. The highest BCUT2D eigenvalue weighted by atomic mass is 16.7. The van der Waals surface area contributed by atoms with Gasteiger partial charge in [0.1, 0.15) is 12.2 Å². The smallest absolute Gasteiger partial charge is 0.374 e. The van der Waals surface area contributed by atoms with Gasteiger partial charge in [-0.15, -0.1) is 0 Å². The Hall–Kier alpha value is -2.95. The van der Waals surface area contributed by atoms with Gasteiger partial charge in [-0.1, -0.05) is 24.3 Å². The summed E-state index contributed by atoms with van der Waals surface area (Å²) < 4.78 is 21.3. The first-order chi connectivity index (χ1) is 10.8. The van der Waals surface area contributed by atoms with Crippen molar-refractivity contribution in [1.82, 2.24) is 0 Å². The maximum Gasteiger partial charge on any atom is 0.374 e. The lowest BCUT2D eigenvalue weighted by atomic mass is 10.2. The minimum absolute atomic E-state index is 0.145. The Bertz CT molecular complexity index is 816. The minimum atomic E-state index is -0.492. The molecule has 1 aliphatic rings. The number of ether oxygens (including phenoxy) is 3. The zero-order chi connectivity index (χ0) is 14.9. The molecule has 3 aromatic rings. The number of rotatable bonds is 3. The van der Waals surface area contributed by atoms with Crippen molar-refractivity contribution in [3.05, 3.63) is 59.9 Å². The van der Waals surface area contributed by atoms with Crippen LogP contribution in [-0.4, -0.2) is 12.8 Å². The first kappa shape index (κ1) is 12.8. The summed E-state index contributed by atoms with van der Waals surface area (Å²) in [7, 11) is 0. The van der Waals surface area contributed by atoms with Gasteiger partial charge in [-0.2, -0.15) is 0 Å². The summed E-state index contributed by atoms with van der Waals surface area (Å²) in [6.07, 6.45) is 0. The van der Waals surface area contributed by atoms with Gasteiger partial charge in [-0.3, -0.25) is 0 Å². The number of furan rings is 1. The molecule has 0 bridgehead atoms. The minimum Gasteiger partial charge on any atom is -0.455 e. The van der Waals surface area contributed by atoms with Crippen LogP contribution in [0.5, 0.6) is 11.5 Å². The normalized spacial score (nSPS) is 12.5. The maximum absolute atomic E-state index is 12.0. The number of carbonyl (C=O) groups excluding carboxylic acids is 1. The molecule has 0 N–H and O–H groups in total. The van der Waals surface area contributed by atoms with Gasteiger partial charge in [0.2, 0.25) is 12.6 Å². The van der Waals surface area contributed by atoms with Crippen molar-refractivity contribution in [3.63, 3.8) is 0 Å². The molecule has 0 atom stereocenters. The van der Waals surface area contributed by atoms with Crippen LogP contribution in [0.3, 0.4) is 0 Å². The van der Waals surface area contributed by atoms with Crippen LogP contribution >= 0.6 is 0 Å². The van der Waals surface area contributed by atoms with Crippen molar-refractivity contribution >= 4 is 16.9 Å². The van der Waals surface area contributed by atoms with Crippen LogP contribution in [0.15, 0.2) is 52.9 Å². The quantitative estimate of drug-likeness (QED) is 0.692. The lowest BCUT2D eigenvalue weighted by molar-refractivity contribution is 0.0438. The highest BCUT2D eigenvalue weighted by molar-refractivity contribution is 5.92. The molecule has 2 aromatic carbocycles. The molecule has 1 aliphatic heterocycles. The molecule has 0 amide bonds. The summed E-state index contributed by atoms with van der Waals surface area (Å²) in [5, 5.41) is 0.873. The Labute approximate surface area is 126 Å². The van der Waals surface area contributed by atoms with Crippen molar-refractivity contribution in [2.45, 2.75) is 6.61 Å². The van der Waals surface area contributed by atoms with Crippen molar-refractivity contribution < 1.29 is 23.4 Å². The first-order valence-electron chi connectivity index (χ1n) is 6.84. The molecule has 22 heavy (non-hydrogen) atoms. The van der Waals surface area contributed by atoms with E-state index in [1.165, 1.54) is 0 Å². The molecule has 2 heterocycles. The van der Waals surface area contributed by atoms with Gasteiger partial charge in [0.05, 0.1) is 0 Å². The van der Waals surface area contributed by atoms with Crippen molar-refractivity contribution in [2.24, 2.45) is 0 Å². The molecule has 0 fully saturated rings.